The van der Waals surface area contributed by atoms with Gasteiger partial charge in [-0.05, 0) is 29.8 Å². The molecule has 0 saturated carbocycles. The van der Waals surface area contributed by atoms with Gasteiger partial charge in [-0.3, -0.25) is 4.79 Å². The van der Waals surface area contributed by atoms with E-state index in [1.807, 2.05) is 24.3 Å². The van der Waals surface area contributed by atoms with Crippen LogP contribution in [0.25, 0.3) is 11.0 Å². The summed E-state index contributed by atoms with van der Waals surface area (Å²) in [5, 5.41) is 8.22. The molecule has 23 heavy (non-hydrogen) atoms. The number of primary amides is 1. The second kappa shape index (κ2) is 6.27. The van der Waals surface area contributed by atoms with Gasteiger partial charge in [0.05, 0.1) is 17.6 Å². The molecule has 0 aliphatic heterocycles. The number of nitrogens with zero attached hydrogens (tertiary/aromatic N) is 3. The predicted molar refractivity (Wildman–Crippen MR) is 82.5 cm³/mol. The Morgan fingerprint density at radius 2 is 1.83 bits per heavy atom. The molecule has 2 N–H and O–H groups in total. The third kappa shape index (κ3) is 3.34. The standard InChI is InChI=1S/C16H14N4O3/c17-15(21)10-23-16(22)12-7-5-11(6-8-12)9-20-14-4-2-1-3-13(14)18-19-20/h1-8H,9-10H2,(H2,17,21). The summed E-state index contributed by atoms with van der Waals surface area (Å²) < 4.78 is 6.54. The molecule has 1 amide bonds. The highest BCUT2D eigenvalue weighted by Gasteiger charge is 2.09. The van der Waals surface area contributed by atoms with Crippen molar-refractivity contribution in [2.45, 2.75) is 6.54 Å². The summed E-state index contributed by atoms with van der Waals surface area (Å²) in [5.41, 5.74) is 8.03. The molecule has 3 aromatic rings. The zero-order valence-electron chi connectivity index (χ0n) is 12.2. The molecule has 7 heteroatoms. The summed E-state index contributed by atoms with van der Waals surface area (Å²) in [7, 11) is 0. The Balaban J connectivity index is 1.72. The van der Waals surface area contributed by atoms with Gasteiger partial charge in [0.1, 0.15) is 5.52 Å². The normalized spacial score (nSPS) is 10.6. The molecule has 0 unspecified atom stereocenters. The lowest BCUT2D eigenvalue weighted by Gasteiger charge is -2.05. The number of carbonyl (C=O) groups is 2. The van der Waals surface area contributed by atoms with Crippen molar-refractivity contribution in [2.75, 3.05) is 6.61 Å². The fourth-order valence-corrected chi connectivity index (χ4v) is 2.17. The highest BCUT2D eigenvalue weighted by Crippen LogP contribution is 2.13. The van der Waals surface area contributed by atoms with E-state index in [0.29, 0.717) is 12.1 Å². The van der Waals surface area contributed by atoms with Gasteiger partial charge in [-0.1, -0.05) is 29.5 Å². The molecule has 0 radical (unpaired) electrons. The van der Waals surface area contributed by atoms with Crippen molar-refractivity contribution in [3.8, 4) is 0 Å². The van der Waals surface area contributed by atoms with Crippen LogP contribution in [0.1, 0.15) is 15.9 Å². The summed E-state index contributed by atoms with van der Waals surface area (Å²) >= 11 is 0. The first-order valence-corrected chi connectivity index (χ1v) is 6.96. The first-order valence-electron chi connectivity index (χ1n) is 6.96. The van der Waals surface area contributed by atoms with Crippen LogP contribution in [0.5, 0.6) is 0 Å². The molecule has 0 atom stereocenters. The molecule has 0 aliphatic rings. The Morgan fingerprint density at radius 1 is 1.09 bits per heavy atom. The van der Waals surface area contributed by atoms with Gasteiger partial charge in [-0.25, -0.2) is 9.48 Å². The van der Waals surface area contributed by atoms with E-state index >= 15 is 0 Å². The average molecular weight is 310 g/mol. The molecule has 0 spiro atoms. The molecule has 1 heterocycles. The van der Waals surface area contributed by atoms with Gasteiger partial charge in [-0.15, -0.1) is 5.10 Å². The highest BCUT2D eigenvalue weighted by molar-refractivity contribution is 5.91. The maximum absolute atomic E-state index is 11.7. The predicted octanol–water partition coefficient (Wildman–Crippen LogP) is 1.12. The highest BCUT2D eigenvalue weighted by atomic mass is 16.5. The van der Waals surface area contributed by atoms with Gasteiger partial charge in [0, 0.05) is 0 Å². The second-order valence-electron chi connectivity index (χ2n) is 4.98. The molecule has 116 valence electrons. The monoisotopic (exact) mass is 310 g/mol. The van der Waals surface area contributed by atoms with Gasteiger partial charge in [0.25, 0.3) is 5.91 Å². The van der Waals surface area contributed by atoms with Crippen molar-refractivity contribution in [1.82, 2.24) is 15.0 Å². The number of ether oxygens (including phenoxy) is 1. The fraction of sp³-hybridized carbons (Fsp3) is 0.125. The van der Waals surface area contributed by atoms with Gasteiger partial charge < -0.3 is 10.5 Å². The Bertz CT molecular complexity index is 855. The first-order chi connectivity index (χ1) is 11.1. The number of aromatic nitrogens is 3. The van der Waals surface area contributed by atoms with Gasteiger partial charge in [0.15, 0.2) is 6.61 Å². The SMILES string of the molecule is NC(=O)COC(=O)c1ccc(Cn2nnc3ccccc32)cc1. The van der Waals surface area contributed by atoms with Crippen LogP contribution >= 0.6 is 0 Å². The molecule has 0 bridgehead atoms. The zero-order chi connectivity index (χ0) is 16.2. The average Bonchev–Trinajstić information content (AvgIpc) is 2.96. The largest absolute Gasteiger partial charge is 0.452 e. The van der Waals surface area contributed by atoms with Gasteiger partial charge in [-0.2, -0.15) is 0 Å². The number of para-hydroxylation sites is 1. The summed E-state index contributed by atoms with van der Waals surface area (Å²) in [5.74, 6) is -1.27. The summed E-state index contributed by atoms with van der Waals surface area (Å²) in [6.07, 6.45) is 0. The van der Waals surface area contributed by atoms with Crippen molar-refractivity contribution >= 4 is 22.9 Å². The Kier molecular flexibility index (Phi) is 4.01. The van der Waals surface area contributed by atoms with E-state index in [1.165, 1.54) is 0 Å². The van der Waals surface area contributed by atoms with E-state index in [0.717, 1.165) is 16.6 Å². The smallest absolute Gasteiger partial charge is 0.338 e. The van der Waals surface area contributed by atoms with Crippen LogP contribution in [0.4, 0.5) is 0 Å². The lowest BCUT2D eigenvalue weighted by molar-refractivity contribution is -0.121. The quantitative estimate of drug-likeness (QED) is 0.712. The van der Waals surface area contributed by atoms with Crippen LogP contribution < -0.4 is 5.73 Å². The number of fused-ring (bicyclic) bond motifs is 1. The molecule has 1 aromatic heterocycles. The van der Waals surface area contributed by atoms with E-state index < -0.39 is 18.5 Å². The summed E-state index contributed by atoms with van der Waals surface area (Å²) in [6.45, 7) is 0.114. The second-order valence-corrected chi connectivity index (χ2v) is 4.98. The minimum absolute atomic E-state index is 0.360. The fourth-order valence-electron chi connectivity index (χ4n) is 2.17. The lowest BCUT2D eigenvalue weighted by atomic mass is 10.1. The Hall–Kier alpha value is -3.22. The van der Waals surface area contributed by atoms with Crippen molar-refractivity contribution in [1.29, 1.82) is 0 Å². The number of rotatable bonds is 5. The minimum atomic E-state index is -0.687. The minimum Gasteiger partial charge on any atom is -0.452 e. The third-order valence-corrected chi connectivity index (χ3v) is 3.29. The van der Waals surface area contributed by atoms with Crippen molar-refractivity contribution in [3.63, 3.8) is 0 Å². The van der Waals surface area contributed by atoms with E-state index in [4.69, 9.17) is 10.5 Å². The topological polar surface area (TPSA) is 100 Å². The zero-order valence-corrected chi connectivity index (χ0v) is 12.2. The number of carbonyl (C=O) groups excluding carboxylic acids is 2. The number of benzene rings is 2. The lowest BCUT2D eigenvalue weighted by Crippen LogP contribution is -2.20. The van der Waals surface area contributed by atoms with Crippen LogP contribution in [-0.2, 0) is 16.1 Å². The molecule has 7 nitrogen and oxygen atoms in total. The third-order valence-electron chi connectivity index (χ3n) is 3.29. The summed E-state index contributed by atoms with van der Waals surface area (Å²) in [4.78, 5) is 22.3. The van der Waals surface area contributed by atoms with Gasteiger partial charge in [0.2, 0.25) is 0 Å². The number of amides is 1. The van der Waals surface area contributed by atoms with Crippen LogP contribution in [-0.4, -0.2) is 33.5 Å². The Morgan fingerprint density at radius 3 is 2.57 bits per heavy atom. The number of nitrogens with two attached hydrogens (primary N) is 1. The van der Waals surface area contributed by atoms with Crippen molar-refractivity contribution in [2.24, 2.45) is 5.73 Å². The van der Waals surface area contributed by atoms with E-state index in [9.17, 15) is 9.59 Å². The summed E-state index contributed by atoms with van der Waals surface area (Å²) in [6, 6.07) is 14.6. The van der Waals surface area contributed by atoms with Crippen LogP contribution in [0, 0.1) is 0 Å². The molecule has 2 aromatic carbocycles. The van der Waals surface area contributed by atoms with Gasteiger partial charge >= 0.3 is 5.97 Å². The Labute approximate surface area is 131 Å². The number of hydrogen-bond acceptors (Lipinski definition) is 5. The van der Waals surface area contributed by atoms with Crippen molar-refractivity contribution < 1.29 is 14.3 Å². The number of hydrogen-bond donors (Lipinski definition) is 1. The first kappa shape index (κ1) is 14.7. The van der Waals surface area contributed by atoms with E-state index in [1.54, 1.807) is 28.9 Å². The maximum atomic E-state index is 11.7. The van der Waals surface area contributed by atoms with Crippen molar-refractivity contribution in [3.05, 3.63) is 59.7 Å². The molecule has 0 aliphatic carbocycles. The molecular weight excluding hydrogens is 296 g/mol. The van der Waals surface area contributed by atoms with E-state index in [2.05, 4.69) is 10.3 Å². The molecule has 0 saturated heterocycles. The van der Waals surface area contributed by atoms with Crippen LogP contribution in [0.2, 0.25) is 0 Å². The maximum Gasteiger partial charge on any atom is 0.338 e. The number of esters is 1. The molecule has 3 rings (SSSR count). The molecule has 0 fully saturated rings. The van der Waals surface area contributed by atoms with Crippen LogP contribution in [0.15, 0.2) is 48.5 Å². The van der Waals surface area contributed by atoms with E-state index in [-0.39, 0.29) is 0 Å². The van der Waals surface area contributed by atoms with Crippen LogP contribution in [0.3, 0.4) is 0 Å². The molecular formula is C16H14N4O3.